The highest BCUT2D eigenvalue weighted by Crippen LogP contribution is 2.32. The average molecular weight is 449 g/mol. The number of para-hydroxylation sites is 1. The Labute approximate surface area is 180 Å². The Hall–Kier alpha value is -2.77. The first-order valence-corrected chi connectivity index (χ1v) is 9.80. The lowest BCUT2D eigenvalue weighted by molar-refractivity contribution is 0.00222. The van der Waals surface area contributed by atoms with Crippen LogP contribution in [0.15, 0.2) is 53.3 Å². The van der Waals surface area contributed by atoms with Crippen molar-refractivity contribution in [2.45, 2.75) is 26.3 Å². The summed E-state index contributed by atoms with van der Waals surface area (Å²) in [5.41, 5.74) is 1.40. The summed E-state index contributed by atoms with van der Waals surface area (Å²) in [7, 11) is 0. The van der Waals surface area contributed by atoms with Crippen LogP contribution in [0, 0.1) is 6.92 Å². The molecule has 0 fully saturated rings. The normalized spacial score (nSPS) is 11.9. The number of hydrogen-bond donors (Lipinski definition) is 0. The molecular weight excluding hydrogens is 433 g/mol. The van der Waals surface area contributed by atoms with E-state index in [4.69, 9.17) is 23.2 Å². The quantitative estimate of drug-likeness (QED) is 0.412. The predicted octanol–water partition coefficient (Wildman–Crippen LogP) is 5.52. The zero-order valence-electron chi connectivity index (χ0n) is 16.0. The molecule has 0 N–H and O–H groups in total. The topological polar surface area (TPSA) is 52.7 Å². The Kier molecular flexibility index (Phi) is 5.11. The van der Waals surface area contributed by atoms with E-state index >= 15 is 0 Å². The highest BCUT2D eigenvalue weighted by molar-refractivity contribution is 6.32. The van der Waals surface area contributed by atoms with E-state index in [0.29, 0.717) is 32.5 Å². The molecule has 0 bridgehead atoms. The molecule has 4 aromatic rings. The average Bonchev–Trinajstić information content (AvgIpc) is 3.04. The summed E-state index contributed by atoms with van der Waals surface area (Å²) in [6.07, 6.45) is 0. The molecule has 0 saturated carbocycles. The van der Waals surface area contributed by atoms with Crippen LogP contribution < -0.4 is 5.56 Å². The summed E-state index contributed by atoms with van der Waals surface area (Å²) < 4.78 is 29.7. The highest BCUT2D eigenvalue weighted by atomic mass is 35.5. The van der Waals surface area contributed by atoms with Crippen molar-refractivity contribution in [3.05, 3.63) is 74.8 Å². The van der Waals surface area contributed by atoms with Crippen molar-refractivity contribution in [1.29, 1.82) is 0 Å². The van der Waals surface area contributed by atoms with Gasteiger partial charge in [0.25, 0.3) is 11.5 Å². The van der Waals surface area contributed by atoms with Gasteiger partial charge in [0, 0.05) is 17.5 Å². The molecule has 5 nitrogen and oxygen atoms in total. The second kappa shape index (κ2) is 7.49. The summed E-state index contributed by atoms with van der Waals surface area (Å²) in [5, 5.41) is 5.39. The molecule has 0 amide bonds. The molecule has 0 aliphatic heterocycles. The fourth-order valence-corrected chi connectivity index (χ4v) is 3.63. The number of fused-ring (bicyclic) bond motifs is 1. The minimum atomic E-state index is -3.08. The summed E-state index contributed by atoms with van der Waals surface area (Å²) in [6.45, 7) is 1.49. The number of benzene rings is 2. The molecule has 154 valence electrons. The molecule has 0 spiro atoms. The van der Waals surface area contributed by atoms with Crippen LogP contribution in [0.5, 0.6) is 0 Å². The molecule has 4 rings (SSSR count). The van der Waals surface area contributed by atoms with E-state index < -0.39 is 18.0 Å². The minimum absolute atomic E-state index is 0.0188. The molecule has 0 saturated heterocycles. The third-order valence-electron chi connectivity index (χ3n) is 4.61. The van der Waals surface area contributed by atoms with Gasteiger partial charge in [-0.25, -0.2) is 18.4 Å². The monoisotopic (exact) mass is 448 g/mol. The lowest BCUT2D eigenvalue weighted by atomic mass is 10.1. The number of aryl methyl sites for hydroxylation is 1. The van der Waals surface area contributed by atoms with Gasteiger partial charge in [0.05, 0.1) is 17.3 Å². The van der Waals surface area contributed by atoms with Gasteiger partial charge < -0.3 is 0 Å². The lowest BCUT2D eigenvalue weighted by Gasteiger charge is -2.14. The number of aromatic nitrogens is 4. The smallest absolute Gasteiger partial charge is 0.282 e. The maximum absolute atomic E-state index is 13.6. The van der Waals surface area contributed by atoms with Gasteiger partial charge in [-0.05, 0) is 31.2 Å². The first-order valence-electron chi connectivity index (χ1n) is 9.04. The second-order valence-electron chi connectivity index (χ2n) is 7.04. The van der Waals surface area contributed by atoms with Crippen molar-refractivity contribution >= 4 is 34.2 Å². The van der Waals surface area contributed by atoms with Gasteiger partial charge in [0.2, 0.25) is 0 Å². The summed E-state index contributed by atoms with van der Waals surface area (Å²) in [5.74, 6) is -2.91. The Balaban J connectivity index is 2.08. The van der Waals surface area contributed by atoms with E-state index in [9.17, 15) is 13.6 Å². The molecule has 0 atom stereocenters. The SMILES string of the molecule is Cc1nc2c(-c3ccc(Cl)cc3)n(-c3ccccc3Cl)nc2c(=O)n1CC(C)(F)F. The lowest BCUT2D eigenvalue weighted by Crippen LogP contribution is -2.31. The fourth-order valence-electron chi connectivity index (χ4n) is 3.29. The molecule has 0 aliphatic rings. The van der Waals surface area contributed by atoms with Gasteiger partial charge in [-0.2, -0.15) is 5.10 Å². The van der Waals surface area contributed by atoms with Crippen LogP contribution in [0.4, 0.5) is 8.78 Å². The largest absolute Gasteiger partial charge is 0.289 e. The summed E-state index contributed by atoms with van der Waals surface area (Å²) in [4.78, 5) is 17.5. The van der Waals surface area contributed by atoms with Crippen LogP contribution in [0.3, 0.4) is 0 Å². The van der Waals surface area contributed by atoms with Crippen LogP contribution in [0.25, 0.3) is 28.0 Å². The molecule has 2 aromatic heterocycles. The third-order valence-corrected chi connectivity index (χ3v) is 5.18. The Morgan fingerprint density at radius 3 is 2.33 bits per heavy atom. The van der Waals surface area contributed by atoms with Crippen LogP contribution in [-0.4, -0.2) is 25.3 Å². The number of nitrogens with zero attached hydrogens (tertiary/aromatic N) is 4. The summed E-state index contributed by atoms with van der Waals surface area (Å²) >= 11 is 12.4. The van der Waals surface area contributed by atoms with Crippen molar-refractivity contribution < 1.29 is 8.78 Å². The zero-order valence-corrected chi connectivity index (χ0v) is 17.5. The Bertz CT molecular complexity index is 1310. The Morgan fingerprint density at radius 1 is 1.03 bits per heavy atom. The molecule has 0 radical (unpaired) electrons. The van der Waals surface area contributed by atoms with Gasteiger partial charge in [-0.15, -0.1) is 0 Å². The van der Waals surface area contributed by atoms with E-state index in [1.807, 2.05) is 0 Å². The van der Waals surface area contributed by atoms with Gasteiger partial charge in [-0.3, -0.25) is 9.36 Å². The van der Waals surface area contributed by atoms with Gasteiger partial charge in [0.1, 0.15) is 17.0 Å². The Morgan fingerprint density at radius 2 is 1.70 bits per heavy atom. The van der Waals surface area contributed by atoms with E-state index in [0.717, 1.165) is 11.5 Å². The van der Waals surface area contributed by atoms with Crippen LogP contribution in [-0.2, 0) is 6.54 Å². The maximum atomic E-state index is 13.6. The summed E-state index contributed by atoms with van der Waals surface area (Å²) in [6, 6.07) is 14.0. The van der Waals surface area contributed by atoms with E-state index in [1.165, 1.54) is 11.6 Å². The van der Waals surface area contributed by atoms with Crippen molar-refractivity contribution in [2.75, 3.05) is 0 Å². The van der Waals surface area contributed by atoms with Gasteiger partial charge >= 0.3 is 0 Å². The zero-order chi connectivity index (χ0) is 21.6. The van der Waals surface area contributed by atoms with Crippen molar-refractivity contribution in [3.8, 4) is 16.9 Å². The highest BCUT2D eigenvalue weighted by Gasteiger charge is 2.27. The molecule has 0 unspecified atom stereocenters. The van der Waals surface area contributed by atoms with E-state index in [1.54, 1.807) is 48.5 Å². The molecular formula is C21H16Cl2F2N4O. The predicted molar refractivity (Wildman–Crippen MR) is 114 cm³/mol. The second-order valence-corrected chi connectivity index (χ2v) is 7.88. The standard InChI is InChI=1S/C21H16Cl2F2N4O/c1-12-26-17-18(20(30)28(12)11-21(2,24)25)27-29(16-6-4-3-5-15(16)23)19(17)13-7-9-14(22)10-8-13/h3-10H,11H2,1-2H3. The van der Waals surface area contributed by atoms with Crippen LogP contribution in [0.1, 0.15) is 12.7 Å². The third kappa shape index (κ3) is 3.70. The van der Waals surface area contributed by atoms with Crippen molar-refractivity contribution in [2.24, 2.45) is 0 Å². The minimum Gasteiger partial charge on any atom is -0.289 e. The van der Waals surface area contributed by atoms with E-state index in [-0.39, 0.29) is 11.3 Å². The fraction of sp³-hybridized carbons (Fsp3) is 0.190. The molecule has 30 heavy (non-hydrogen) atoms. The van der Waals surface area contributed by atoms with E-state index in [2.05, 4.69) is 10.1 Å². The first-order chi connectivity index (χ1) is 14.2. The number of halogens is 4. The number of hydrogen-bond acceptors (Lipinski definition) is 3. The molecule has 0 aliphatic carbocycles. The maximum Gasteiger partial charge on any atom is 0.282 e. The van der Waals surface area contributed by atoms with Gasteiger partial charge in [-0.1, -0.05) is 47.5 Å². The number of alkyl halides is 2. The van der Waals surface area contributed by atoms with Crippen LogP contribution in [0.2, 0.25) is 10.0 Å². The van der Waals surface area contributed by atoms with Gasteiger partial charge in [0.15, 0.2) is 5.52 Å². The van der Waals surface area contributed by atoms with Crippen LogP contribution >= 0.6 is 23.2 Å². The number of rotatable bonds is 4. The molecule has 2 heterocycles. The van der Waals surface area contributed by atoms with Crippen molar-refractivity contribution in [1.82, 2.24) is 19.3 Å². The molecule has 9 heteroatoms. The molecule has 2 aromatic carbocycles. The first kappa shape index (κ1) is 20.5. The van der Waals surface area contributed by atoms with Crippen molar-refractivity contribution in [3.63, 3.8) is 0 Å².